The number of esters is 1. The maximum atomic E-state index is 13.6. The van der Waals surface area contributed by atoms with Crippen LogP contribution in [0.3, 0.4) is 0 Å². The van der Waals surface area contributed by atoms with E-state index >= 15 is 0 Å². The number of benzene rings is 2. The lowest BCUT2D eigenvalue weighted by Crippen LogP contribution is -2.39. The Labute approximate surface area is 219 Å². The van der Waals surface area contributed by atoms with Crippen molar-refractivity contribution in [2.45, 2.75) is 13.0 Å². The number of nitro benzene ring substituents is 1. The van der Waals surface area contributed by atoms with Crippen LogP contribution in [0.1, 0.15) is 24.3 Å². The second kappa shape index (κ2) is 9.94. The van der Waals surface area contributed by atoms with Gasteiger partial charge in [0.05, 0.1) is 52.6 Å². The molecule has 3 heterocycles. The van der Waals surface area contributed by atoms with Crippen LogP contribution in [0.25, 0.3) is 17.4 Å². The Bertz CT molecular complexity index is 1780. The van der Waals surface area contributed by atoms with Crippen molar-refractivity contribution in [3.63, 3.8) is 0 Å². The molecule has 1 atom stereocenters. The van der Waals surface area contributed by atoms with Crippen molar-refractivity contribution < 1.29 is 23.6 Å². The van der Waals surface area contributed by atoms with E-state index in [-0.39, 0.29) is 28.1 Å². The maximum absolute atomic E-state index is 13.6. The fourth-order valence-electron chi connectivity index (χ4n) is 4.35. The molecule has 0 radical (unpaired) electrons. The predicted octanol–water partition coefficient (Wildman–Crippen LogP) is 3.59. The Kier molecular flexibility index (Phi) is 6.52. The second-order valence-corrected chi connectivity index (χ2v) is 9.34. The summed E-state index contributed by atoms with van der Waals surface area (Å²) in [5.41, 5.74) is 1.24. The molecule has 11 heteroatoms. The van der Waals surface area contributed by atoms with Gasteiger partial charge in [0.2, 0.25) is 0 Å². The molecule has 0 saturated carbocycles. The average molecular weight is 532 g/mol. The van der Waals surface area contributed by atoms with Crippen molar-refractivity contribution >= 4 is 29.1 Å². The van der Waals surface area contributed by atoms with Crippen molar-refractivity contribution in [1.29, 1.82) is 0 Å². The number of nitro groups is 1. The number of fused-ring (bicyclic) bond motifs is 1. The van der Waals surface area contributed by atoms with Gasteiger partial charge in [0.25, 0.3) is 11.2 Å². The van der Waals surface area contributed by atoms with Crippen LogP contribution in [-0.4, -0.2) is 29.7 Å². The number of furan rings is 1. The lowest BCUT2D eigenvalue weighted by atomic mass is 9.96. The molecule has 2 aromatic heterocycles. The van der Waals surface area contributed by atoms with Crippen molar-refractivity contribution in [2.75, 3.05) is 14.2 Å². The molecule has 0 amide bonds. The summed E-state index contributed by atoms with van der Waals surface area (Å²) in [5.74, 6) is 0.383. The number of carbonyl (C=O) groups excluding carboxylic acids is 1. The van der Waals surface area contributed by atoms with Gasteiger partial charge in [-0.15, -0.1) is 0 Å². The van der Waals surface area contributed by atoms with Crippen LogP contribution in [-0.2, 0) is 9.53 Å². The lowest BCUT2D eigenvalue weighted by molar-refractivity contribution is -0.384. The molecule has 1 aliphatic rings. The zero-order valence-corrected chi connectivity index (χ0v) is 21.4. The minimum absolute atomic E-state index is 0.168. The van der Waals surface area contributed by atoms with Gasteiger partial charge in [0.1, 0.15) is 17.3 Å². The lowest BCUT2D eigenvalue weighted by Gasteiger charge is -2.24. The first-order valence-electron chi connectivity index (χ1n) is 11.4. The number of rotatable bonds is 6. The molecule has 0 bridgehead atoms. The Balaban J connectivity index is 1.62. The quantitative estimate of drug-likeness (QED) is 0.211. The molecule has 38 heavy (non-hydrogen) atoms. The summed E-state index contributed by atoms with van der Waals surface area (Å²) < 4.78 is 17.8. The molecule has 1 aliphatic heterocycles. The third kappa shape index (κ3) is 4.33. The number of thiazole rings is 1. The molecule has 0 aliphatic carbocycles. The van der Waals surface area contributed by atoms with E-state index in [1.54, 1.807) is 37.3 Å². The van der Waals surface area contributed by atoms with Gasteiger partial charge in [-0.25, -0.2) is 9.79 Å². The van der Waals surface area contributed by atoms with E-state index in [1.807, 2.05) is 30.3 Å². The van der Waals surface area contributed by atoms with Gasteiger partial charge in [0, 0.05) is 6.08 Å². The summed E-state index contributed by atoms with van der Waals surface area (Å²) in [5, 5.41) is 11.6. The van der Waals surface area contributed by atoms with Crippen LogP contribution in [0.4, 0.5) is 5.69 Å². The number of hydrogen-bond acceptors (Lipinski definition) is 9. The van der Waals surface area contributed by atoms with Crippen LogP contribution in [0, 0.1) is 10.1 Å². The highest BCUT2D eigenvalue weighted by Gasteiger charge is 2.33. The van der Waals surface area contributed by atoms with Crippen LogP contribution in [0.15, 0.2) is 86.1 Å². The Morgan fingerprint density at radius 3 is 2.61 bits per heavy atom. The molecule has 2 aromatic carbocycles. The number of carbonyl (C=O) groups is 1. The van der Waals surface area contributed by atoms with E-state index in [0.717, 1.165) is 16.9 Å². The summed E-state index contributed by atoms with van der Waals surface area (Å²) >= 11 is 1.16. The number of aromatic nitrogens is 1. The summed E-state index contributed by atoms with van der Waals surface area (Å²) in [4.78, 5) is 42.4. The first kappa shape index (κ1) is 24.9. The molecule has 0 unspecified atom stereocenters. The van der Waals surface area contributed by atoms with Crippen molar-refractivity contribution in [3.8, 4) is 17.1 Å². The Hall–Kier alpha value is -4.77. The van der Waals surface area contributed by atoms with Gasteiger partial charge in [-0.3, -0.25) is 19.5 Å². The Morgan fingerprint density at radius 2 is 1.92 bits per heavy atom. The smallest absolute Gasteiger partial charge is 0.338 e. The van der Waals surface area contributed by atoms with Gasteiger partial charge in [-0.05, 0) is 36.8 Å². The molecule has 0 spiro atoms. The third-order valence-electron chi connectivity index (χ3n) is 6.11. The molecular formula is C27H21N3O7S. The van der Waals surface area contributed by atoms with E-state index in [1.165, 1.54) is 24.9 Å². The van der Waals surface area contributed by atoms with Crippen molar-refractivity contribution in [2.24, 2.45) is 4.99 Å². The minimum atomic E-state index is -0.712. The number of ether oxygens (including phenoxy) is 2. The average Bonchev–Trinajstić information content (AvgIpc) is 3.51. The third-order valence-corrected chi connectivity index (χ3v) is 7.09. The van der Waals surface area contributed by atoms with Gasteiger partial charge in [-0.2, -0.15) is 0 Å². The summed E-state index contributed by atoms with van der Waals surface area (Å²) in [6, 6.07) is 16.2. The highest BCUT2D eigenvalue weighted by molar-refractivity contribution is 7.07. The SMILES string of the molecule is COC(=O)C1=C(C)N=c2s/c(=C\c3ccc(-c4ccc(OC)cc4[N+](=O)[O-])o3)c(=O)n2[C@H]1c1ccccc1. The summed E-state index contributed by atoms with van der Waals surface area (Å²) in [6.07, 6.45) is 1.56. The number of allylic oxidation sites excluding steroid dienone is 1. The van der Waals surface area contributed by atoms with Crippen molar-refractivity contribution in [3.05, 3.63) is 113 Å². The van der Waals surface area contributed by atoms with Gasteiger partial charge in [0.15, 0.2) is 4.80 Å². The molecule has 0 fully saturated rings. The molecule has 0 saturated heterocycles. The van der Waals surface area contributed by atoms with E-state index in [9.17, 15) is 19.7 Å². The fourth-order valence-corrected chi connectivity index (χ4v) is 5.37. The minimum Gasteiger partial charge on any atom is -0.497 e. The first-order chi connectivity index (χ1) is 18.3. The van der Waals surface area contributed by atoms with Crippen molar-refractivity contribution in [1.82, 2.24) is 4.57 Å². The molecule has 4 aromatic rings. The number of hydrogen-bond donors (Lipinski definition) is 0. The van der Waals surface area contributed by atoms with E-state index in [0.29, 0.717) is 26.5 Å². The van der Waals surface area contributed by atoms with Crippen LogP contribution < -0.4 is 19.6 Å². The van der Waals surface area contributed by atoms with Crippen LogP contribution >= 0.6 is 11.3 Å². The topological polar surface area (TPSA) is 126 Å². The normalized spacial score (nSPS) is 15.1. The zero-order chi connectivity index (χ0) is 27.0. The largest absolute Gasteiger partial charge is 0.497 e. The zero-order valence-electron chi connectivity index (χ0n) is 20.5. The molecule has 5 rings (SSSR count). The first-order valence-corrected chi connectivity index (χ1v) is 12.2. The molecule has 10 nitrogen and oxygen atoms in total. The molecule has 0 N–H and O–H groups in total. The van der Waals surface area contributed by atoms with E-state index in [2.05, 4.69) is 4.99 Å². The summed E-state index contributed by atoms with van der Waals surface area (Å²) in [6.45, 7) is 1.71. The maximum Gasteiger partial charge on any atom is 0.338 e. The predicted molar refractivity (Wildman–Crippen MR) is 140 cm³/mol. The highest BCUT2D eigenvalue weighted by Crippen LogP contribution is 2.34. The molecule has 192 valence electrons. The molecular weight excluding hydrogens is 510 g/mol. The number of methoxy groups -OCH3 is 2. The van der Waals surface area contributed by atoms with Crippen LogP contribution in [0.5, 0.6) is 5.75 Å². The number of nitrogens with zero attached hydrogens (tertiary/aromatic N) is 3. The van der Waals surface area contributed by atoms with Gasteiger partial charge in [-0.1, -0.05) is 41.7 Å². The fraction of sp³-hybridized carbons (Fsp3) is 0.148. The van der Waals surface area contributed by atoms with Crippen LogP contribution in [0.2, 0.25) is 0 Å². The standard InChI is InChI=1S/C27H21N3O7S/c1-15-23(26(32)36-3)24(16-7-5-4-6-8-16)29-25(31)22(38-27(29)28-15)14-18-10-12-21(37-18)19-11-9-17(35-2)13-20(19)30(33)34/h4-14,24H,1-3H3/b22-14-/t24-/m0/s1. The Morgan fingerprint density at radius 1 is 1.16 bits per heavy atom. The monoisotopic (exact) mass is 531 g/mol. The van der Waals surface area contributed by atoms with Gasteiger partial charge < -0.3 is 13.9 Å². The second-order valence-electron chi connectivity index (χ2n) is 8.33. The van der Waals surface area contributed by atoms with E-state index < -0.39 is 16.9 Å². The van der Waals surface area contributed by atoms with Gasteiger partial charge >= 0.3 is 5.97 Å². The summed E-state index contributed by atoms with van der Waals surface area (Å²) in [7, 11) is 2.72. The van der Waals surface area contributed by atoms with E-state index in [4.69, 9.17) is 13.9 Å². The highest BCUT2D eigenvalue weighted by atomic mass is 32.1.